The van der Waals surface area contributed by atoms with Crippen molar-refractivity contribution in [2.75, 3.05) is 34.2 Å². The summed E-state index contributed by atoms with van der Waals surface area (Å²) in [5.41, 5.74) is 8.94. The number of hydrogen-bond donors (Lipinski definition) is 1. The van der Waals surface area contributed by atoms with Crippen LogP contribution in [0.1, 0.15) is 23.7 Å². The molecule has 19 heavy (non-hydrogen) atoms. The van der Waals surface area contributed by atoms with Gasteiger partial charge in [-0.2, -0.15) is 0 Å². The zero-order valence-corrected chi connectivity index (χ0v) is 13.5. The number of fused-ring (bicyclic) bond motifs is 1. The minimum atomic E-state index is 0.0136. The molecule has 0 radical (unpaired) electrons. The Hall–Kier alpha value is -0.680. The Balaban J connectivity index is 2.19. The molecule has 0 amide bonds. The van der Waals surface area contributed by atoms with Gasteiger partial charge in [0.15, 0.2) is 6.17 Å². The Labute approximate surface area is 124 Å². The van der Waals surface area contributed by atoms with Crippen LogP contribution in [0.25, 0.3) is 6.08 Å². The van der Waals surface area contributed by atoms with Crippen LogP contribution in [0.4, 0.5) is 0 Å². The number of quaternary nitrogens is 1. The highest BCUT2D eigenvalue weighted by Crippen LogP contribution is 2.35. The van der Waals surface area contributed by atoms with Crippen LogP contribution in [-0.2, 0) is 0 Å². The molecule has 0 aromatic heterocycles. The highest BCUT2D eigenvalue weighted by Gasteiger charge is 2.33. The van der Waals surface area contributed by atoms with Crippen LogP contribution < -0.4 is 5.73 Å². The summed E-state index contributed by atoms with van der Waals surface area (Å²) in [4.78, 5) is 2.22. The molecule has 0 saturated heterocycles. The van der Waals surface area contributed by atoms with Crippen LogP contribution in [-0.4, -0.2) is 43.6 Å². The third kappa shape index (κ3) is 3.08. The summed E-state index contributed by atoms with van der Waals surface area (Å²) in [6.45, 7) is 2.15. The van der Waals surface area contributed by atoms with E-state index in [2.05, 4.69) is 72.4 Å². The first-order valence-corrected chi connectivity index (χ1v) is 7.46. The molecule has 0 aliphatic carbocycles. The molecule has 104 valence electrons. The van der Waals surface area contributed by atoms with Crippen molar-refractivity contribution in [3.8, 4) is 0 Å². The minimum absolute atomic E-state index is 0.0136. The molecular weight excluding hydrogens is 302 g/mol. The molecule has 2 rings (SSSR count). The van der Waals surface area contributed by atoms with Crippen LogP contribution in [0.3, 0.4) is 0 Å². The van der Waals surface area contributed by atoms with Gasteiger partial charge in [-0.25, -0.2) is 0 Å². The van der Waals surface area contributed by atoms with Gasteiger partial charge in [0, 0.05) is 34.6 Å². The molecule has 1 aromatic carbocycles. The van der Waals surface area contributed by atoms with Crippen molar-refractivity contribution in [3.05, 3.63) is 40.0 Å². The summed E-state index contributed by atoms with van der Waals surface area (Å²) in [7, 11) is 6.43. The second-order valence-corrected chi connectivity index (χ2v) is 6.58. The van der Waals surface area contributed by atoms with E-state index in [0.717, 1.165) is 28.5 Å². The summed E-state index contributed by atoms with van der Waals surface area (Å²) in [6, 6.07) is 6.26. The molecule has 2 N–H and O–H groups in total. The molecule has 0 saturated carbocycles. The number of hydrogen-bond acceptors (Lipinski definition) is 2. The van der Waals surface area contributed by atoms with Gasteiger partial charge in [-0.1, -0.05) is 28.1 Å². The van der Waals surface area contributed by atoms with Gasteiger partial charge in [0.25, 0.3) is 0 Å². The molecule has 0 bridgehead atoms. The van der Waals surface area contributed by atoms with Gasteiger partial charge >= 0.3 is 0 Å². The summed E-state index contributed by atoms with van der Waals surface area (Å²) < 4.78 is 1.90. The summed E-state index contributed by atoms with van der Waals surface area (Å²) >= 11 is 3.60. The number of benzene rings is 1. The molecule has 1 heterocycles. The van der Waals surface area contributed by atoms with E-state index in [0.29, 0.717) is 0 Å². The maximum Gasteiger partial charge on any atom is 0.171 e. The van der Waals surface area contributed by atoms with Gasteiger partial charge in [-0.05, 0) is 20.2 Å². The molecule has 4 heteroatoms. The second kappa shape index (κ2) is 5.75. The zero-order valence-electron chi connectivity index (χ0n) is 11.9. The molecule has 1 aromatic rings. The summed E-state index contributed by atoms with van der Waals surface area (Å²) in [6.07, 6.45) is 5.58. The number of nitrogens with zero attached hydrogens (tertiary/aromatic N) is 2. The molecule has 0 fully saturated rings. The van der Waals surface area contributed by atoms with Crippen molar-refractivity contribution in [2.45, 2.75) is 12.6 Å². The van der Waals surface area contributed by atoms with Gasteiger partial charge in [0.1, 0.15) is 0 Å². The van der Waals surface area contributed by atoms with E-state index in [9.17, 15) is 0 Å². The van der Waals surface area contributed by atoms with E-state index in [4.69, 9.17) is 5.73 Å². The molecule has 1 aliphatic heterocycles. The third-order valence-electron chi connectivity index (χ3n) is 3.87. The lowest BCUT2D eigenvalue weighted by molar-refractivity contribution is -0.891. The number of halogens is 1. The van der Waals surface area contributed by atoms with Crippen LogP contribution >= 0.6 is 15.9 Å². The quantitative estimate of drug-likeness (QED) is 0.863. The van der Waals surface area contributed by atoms with E-state index in [1.165, 1.54) is 11.1 Å². The number of rotatable bonds is 4. The lowest BCUT2D eigenvalue weighted by Gasteiger charge is -2.39. The molecule has 2 atom stereocenters. The summed E-state index contributed by atoms with van der Waals surface area (Å²) in [5, 5.41) is 0. The van der Waals surface area contributed by atoms with Gasteiger partial charge in [-0.3, -0.25) is 10.2 Å². The standard InChI is InChI=1S/C15H23BrN3/c1-18(2)9-5-10-19(3)11-8-12-13(15(19)17)6-4-7-14(12)16/h4,6-8,11,15H,5,9-10,17H2,1-3H3/q+1. The molecule has 0 spiro atoms. The average Bonchev–Trinajstić information content (AvgIpc) is 2.34. The first-order valence-electron chi connectivity index (χ1n) is 6.67. The number of nitrogens with two attached hydrogens (primary N) is 1. The maximum atomic E-state index is 6.50. The predicted molar refractivity (Wildman–Crippen MR) is 84.3 cm³/mol. The first kappa shape index (κ1) is 14.7. The minimum Gasteiger partial charge on any atom is -0.309 e. The lowest BCUT2D eigenvalue weighted by Crippen LogP contribution is -2.49. The van der Waals surface area contributed by atoms with Crippen LogP contribution in [0, 0.1) is 0 Å². The fraction of sp³-hybridized carbons (Fsp3) is 0.467. The van der Waals surface area contributed by atoms with Crippen molar-refractivity contribution in [1.29, 1.82) is 0 Å². The average molecular weight is 325 g/mol. The van der Waals surface area contributed by atoms with E-state index >= 15 is 0 Å². The van der Waals surface area contributed by atoms with Gasteiger partial charge in [-0.15, -0.1) is 0 Å². The highest BCUT2D eigenvalue weighted by atomic mass is 79.9. The second-order valence-electron chi connectivity index (χ2n) is 5.73. The normalized spacial score (nSPS) is 25.7. The third-order valence-corrected chi connectivity index (χ3v) is 4.56. The van der Waals surface area contributed by atoms with Crippen LogP contribution in [0.15, 0.2) is 28.9 Å². The van der Waals surface area contributed by atoms with E-state index in [1.54, 1.807) is 0 Å². The first-order chi connectivity index (χ1) is 8.94. The predicted octanol–water partition coefficient (Wildman–Crippen LogP) is 2.79. The van der Waals surface area contributed by atoms with Gasteiger partial charge < -0.3 is 4.90 Å². The maximum absolute atomic E-state index is 6.50. The Morgan fingerprint density at radius 2 is 2.11 bits per heavy atom. The Bertz CT molecular complexity index is 484. The monoisotopic (exact) mass is 324 g/mol. The fourth-order valence-corrected chi connectivity index (χ4v) is 3.10. The fourth-order valence-electron chi connectivity index (χ4n) is 2.58. The molecular formula is C15H23BrN3+. The van der Waals surface area contributed by atoms with Crippen molar-refractivity contribution in [2.24, 2.45) is 5.73 Å². The highest BCUT2D eigenvalue weighted by molar-refractivity contribution is 9.10. The SMILES string of the molecule is CN(C)CCC[N+]1(C)C=Cc2c(Br)cccc2C1N. The largest absolute Gasteiger partial charge is 0.309 e. The van der Waals surface area contributed by atoms with Crippen LogP contribution in [0.5, 0.6) is 0 Å². The smallest absolute Gasteiger partial charge is 0.171 e. The topological polar surface area (TPSA) is 29.3 Å². The van der Waals surface area contributed by atoms with E-state index < -0.39 is 0 Å². The van der Waals surface area contributed by atoms with E-state index in [1.807, 2.05) is 0 Å². The molecule has 3 nitrogen and oxygen atoms in total. The summed E-state index contributed by atoms with van der Waals surface area (Å²) in [5.74, 6) is 0. The van der Waals surface area contributed by atoms with E-state index in [-0.39, 0.29) is 6.17 Å². The van der Waals surface area contributed by atoms with Gasteiger partial charge in [0.2, 0.25) is 0 Å². The Morgan fingerprint density at radius 3 is 2.79 bits per heavy atom. The lowest BCUT2D eigenvalue weighted by atomic mass is 9.99. The van der Waals surface area contributed by atoms with Crippen molar-refractivity contribution >= 4 is 22.0 Å². The Morgan fingerprint density at radius 1 is 1.37 bits per heavy atom. The molecule has 1 aliphatic rings. The van der Waals surface area contributed by atoms with Crippen molar-refractivity contribution in [1.82, 2.24) is 4.90 Å². The van der Waals surface area contributed by atoms with Crippen molar-refractivity contribution in [3.63, 3.8) is 0 Å². The van der Waals surface area contributed by atoms with Crippen molar-refractivity contribution < 1.29 is 4.48 Å². The zero-order chi connectivity index (χ0) is 14.0. The van der Waals surface area contributed by atoms with Crippen LogP contribution in [0.2, 0.25) is 0 Å². The van der Waals surface area contributed by atoms with Gasteiger partial charge in [0.05, 0.1) is 19.8 Å². The molecule has 2 unspecified atom stereocenters. The Kier molecular flexibility index (Phi) is 4.46.